The minimum Gasteiger partial charge on any atom is -0.319 e. The summed E-state index contributed by atoms with van der Waals surface area (Å²) in [6.07, 6.45) is 2.24. The largest absolute Gasteiger partial charge is 0.319 e. The molecule has 0 aliphatic heterocycles. The van der Waals surface area contributed by atoms with Gasteiger partial charge in [-0.3, -0.25) is 0 Å². The van der Waals surface area contributed by atoms with Crippen LogP contribution in [-0.2, 0) is 0 Å². The van der Waals surface area contributed by atoms with E-state index in [9.17, 15) is 0 Å². The summed E-state index contributed by atoms with van der Waals surface area (Å²) in [6, 6.07) is 0. The van der Waals surface area contributed by atoms with Crippen molar-refractivity contribution in [2.75, 3.05) is 13.6 Å². The van der Waals surface area contributed by atoms with Crippen LogP contribution < -0.4 is 5.32 Å². The molecule has 0 fully saturated rings. The Kier molecular flexibility index (Phi) is 4.43. The first-order valence-electron chi connectivity index (χ1n) is 4.27. The van der Waals surface area contributed by atoms with Gasteiger partial charge in [-0.2, -0.15) is 0 Å². The van der Waals surface area contributed by atoms with Crippen LogP contribution in [0, 0.1) is 5.41 Å². The normalized spacial score (nSPS) is 11.6. The van der Waals surface area contributed by atoms with Crippen LogP contribution in [0.2, 0.25) is 0 Å². The highest BCUT2D eigenvalue weighted by Gasteiger charge is 2.10. The zero-order chi connectivity index (χ0) is 8.91. The minimum absolute atomic E-state index is 0.394. The third-order valence-electron chi connectivity index (χ3n) is 1.51. The Bertz CT molecular complexity index is 119. The molecule has 1 heteroatoms. The molecule has 0 aromatic rings. The maximum atomic E-state index is 4.04. The molecule has 11 heavy (non-hydrogen) atoms. The second-order valence-corrected chi connectivity index (χ2v) is 4.34. The van der Waals surface area contributed by atoms with Gasteiger partial charge in [-0.25, -0.2) is 0 Å². The Morgan fingerprint density at radius 3 is 2.27 bits per heavy atom. The molecule has 0 heterocycles. The van der Waals surface area contributed by atoms with E-state index in [2.05, 4.69) is 32.7 Å². The first kappa shape index (κ1) is 10.7. The number of rotatable bonds is 4. The van der Waals surface area contributed by atoms with Crippen LogP contribution >= 0.6 is 0 Å². The van der Waals surface area contributed by atoms with Gasteiger partial charge >= 0.3 is 0 Å². The molecule has 66 valence electrons. The second-order valence-electron chi connectivity index (χ2n) is 4.34. The van der Waals surface area contributed by atoms with Gasteiger partial charge in [0.25, 0.3) is 0 Å². The van der Waals surface area contributed by atoms with Gasteiger partial charge in [-0.15, -0.1) is 0 Å². The summed E-state index contributed by atoms with van der Waals surface area (Å²) in [4.78, 5) is 0. The predicted octanol–water partition coefficient (Wildman–Crippen LogP) is 2.59. The highest BCUT2D eigenvalue weighted by atomic mass is 14.8. The first-order chi connectivity index (χ1) is 4.95. The summed E-state index contributed by atoms with van der Waals surface area (Å²) < 4.78 is 0. The fraction of sp³-hybridized carbons (Fsp3) is 0.800. The lowest BCUT2D eigenvalue weighted by atomic mass is 9.87. The molecule has 0 unspecified atom stereocenters. The van der Waals surface area contributed by atoms with E-state index in [0.717, 1.165) is 19.4 Å². The Balaban J connectivity index is 3.53. The standard InChI is InChI=1S/C10H21N/c1-9(6-7-11-5)8-10(2,3)4/h11H,1,6-8H2,2-5H3. The Morgan fingerprint density at radius 1 is 1.36 bits per heavy atom. The van der Waals surface area contributed by atoms with Gasteiger partial charge in [0.15, 0.2) is 0 Å². The van der Waals surface area contributed by atoms with E-state index >= 15 is 0 Å². The third kappa shape index (κ3) is 7.60. The van der Waals surface area contributed by atoms with Crippen LogP contribution in [0.3, 0.4) is 0 Å². The molecule has 1 N–H and O–H groups in total. The van der Waals surface area contributed by atoms with Gasteiger partial charge in [-0.1, -0.05) is 32.9 Å². The van der Waals surface area contributed by atoms with Crippen LogP contribution in [0.4, 0.5) is 0 Å². The minimum atomic E-state index is 0.394. The van der Waals surface area contributed by atoms with Crippen molar-refractivity contribution in [1.82, 2.24) is 5.32 Å². The predicted molar refractivity (Wildman–Crippen MR) is 51.8 cm³/mol. The van der Waals surface area contributed by atoms with Crippen LogP contribution in [-0.4, -0.2) is 13.6 Å². The topological polar surface area (TPSA) is 12.0 Å². The van der Waals surface area contributed by atoms with E-state index in [1.165, 1.54) is 5.57 Å². The van der Waals surface area contributed by atoms with Gasteiger partial charge in [0, 0.05) is 0 Å². The monoisotopic (exact) mass is 155 g/mol. The quantitative estimate of drug-likeness (QED) is 0.615. The van der Waals surface area contributed by atoms with Crippen LogP contribution in [0.1, 0.15) is 33.6 Å². The number of hydrogen-bond acceptors (Lipinski definition) is 1. The van der Waals surface area contributed by atoms with E-state index in [1.807, 2.05) is 7.05 Å². The number of nitrogens with one attached hydrogen (secondary N) is 1. The third-order valence-corrected chi connectivity index (χ3v) is 1.51. The molecule has 0 aliphatic rings. The van der Waals surface area contributed by atoms with Gasteiger partial charge in [-0.05, 0) is 31.8 Å². The smallest absolute Gasteiger partial charge is 0.00147 e. The molecule has 1 nitrogen and oxygen atoms in total. The SMILES string of the molecule is C=C(CCNC)CC(C)(C)C. The van der Waals surface area contributed by atoms with E-state index in [4.69, 9.17) is 0 Å². The molecular weight excluding hydrogens is 134 g/mol. The van der Waals surface area contributed by atoms with E-state index < -0.39 is 0 Å². The summed E-state index contributed by atoms with van der Waals surface area (Å²) in [5.74, 6) is 0. The van der Waals surface area contributed by atoms with Crippen molar-refractivity contribution in [3.05, 3.63) is 12.2 Å². The molecule has 0 saturated carbocycles. The zero-order valence-electron chi connectivity index (χ0n) is 8.33. The van der Waals surface area contributed by atoms with Crippen molar-refractivity contribution in [2.45, 2.75) is 33.6 Å². The molecular formula is C10H21N. The summed E-state index contributed by atoms with van der Waals surface area (Å²) in [5, 5.41) is 3.12. The molecule has 0 aromatic carbocycles. The fourth-order valence-corrected chi connectivity index (χ4v) is 1.14. The van der Waals surface area contributed by atoms with Gasteiger partial charge in [0.1, 0.15) is 0 Å². The lowest BCUT2D eigenvalue weighted by molar-refractivity contribution is 0.404. The van der Waals surface area contributed by atoms with Crippen molar-refractivity contribution in [3.8, 4) is 0 Å². The van der Waals surface area contributed by atoms with Crippen LogP contribution in [0.25, 0.3) is 0 Å². The summed E-state index contributed by atoms with van der Waals surface area (Å²) in [5.41, 5.74) is 1.75. The first-order valence-corrected chi connectivity index (χ1v) is 4.27. The van der Waals surface area contributed by atoms with Crippen LogP contribution in [0.15, 0.2) is 12.2 Å². The average Bonchev–Trinajstić information content (AvgIpc) is 1.79. The summed E-state index contributed by atoms with van der Waals surface area (Å²) >= 11 is 0. The van der Waals surface area contributed by atoms with Gasteiger partial charge in [0.05, 0.1) is 0 Å². The van der Waals surface area contributed by atoms with Crippen LogP contribution in [0.5, 0.6) is 0 Å². The molecule has 0 aliphatic carbocycles. The summed E-state index contributed by atoms with van der Waals surface area (Å²) in [6.45, 7) is 11.8. The highest BCUT2D eigenvalue weighted by Crippen LogP contribution is 2.24. The molecule has 0 bridgehead atoms. The Hall–Kier alpha value is -0.300. The Morgan fingerprint density at radius 2 is 1.91 bits per heavy atom. The Labute approximate surface area is 70.9 Å². The number of hydrogen-bond donors (Lipinski definition) is 1. The van der Waals surface area contributed by atoms with Crippen molar-refractivity contribution in [2.24, 2.45) is 5.41 Å². The second kappa shape index (κ2) is 4.55. The van der Waals surface area contributed by atoms with E-state index in [-0.39, 0.29) is 0 Å². The molecule has 0 saturated heterocycles. The van der Waals surface area contributed by atoms with E-state index in [1.54, 1.807) is 0 Å². The van der Waals surface area contributed by atoms with E-state index in [0.29, 0.717) is 5.41 Å². The summed E-state index contributed by atoms with van der Waals surface area (Å²) in [7, 11) is 1.98. The molecule has 0 rings (SSSR count). The molecule has 0 amide bonds. The molecule has 0 spiro atoms. The van der Waals surface area contributed by atoms with Gasteiger partial charge in [0.2, 0.25) is 0 Å². The fourth-order valence-electron chi connectivity index (χ4n) is 1.14. The zero-order valence-corrected chi connectivity index (χ0v) is 8.33. The van der Waals surface area contributed by atoms with Crippen molar-refractivity contribution in [1.29, 1.82) is 0 Å². The highest BCUT2D eigenvalue weighted by molar-refractivity contribution is 4.97. The maximum absolute atomic E-state index is 4.04. The molecule has 0 atom stereocenters. The molecule has 0 aromatic heterocycles. The lowest BCUT2D eigenvalue weighted by Gasteiger charge is -2.19. The van der Waals surface area contributed by atoms with Crippen molar-refractivity contribution < 1.29 is 0 Å². The lowest BCUT2D eigenvalue weighted by Crippen LogP contribution is -2.11. The van der Waals surface area contributed by atoms with Crippen molar-refractivity contribution >= 4 is 0 Å². The van der Waals surface area contributed by atoms with Gasteiger partial charge < -0.3 is 5.32 Å². The van der Waals surface area contributed by atoms with Crippen molar-refractivity contribution in [3.63, 3.8) is 0 Å². The average molecular weight is 155 g/mol. The maximum Gasteiger partial charge on any atom is -0.00147 e. The molecule has 0 radical (unpaired) electrons.